The monoisotopic (exact) mass is 368 g/mol. The molecule has 0 aliphatic heterocycles. The van der Waals surface area contributed by atoms with Crippen molar-refractivity contribution < 1.29 is 19.0 Å². The molecule has 0 spiro atoms. The summed E-state index contributed by atoms with van der Waals surface area (Å²) in [7, 11) is 3.10. The highest BCUT2D eigenvalue weighted by atomic mass is 32.2. The van der Waals surface area contributed by atoms with Gasteiger partial charge in [-0.05, 0) is 42.4 Å². The molecular formula is C20H32O4S. The van der Waals surface area contributed by atoms with E-state index >= 15 is 0 Å². The molecule has 0 bridgehead atoms. The summed E-state index contributed by atoms with van der Waals surface area (Å²) in [5.41, 5.74) is 1.06. The molecule has 5 heteroatoms. The lowest BCUT2D eigenvalue weighted by molar-refractivity contribution is -0.141. The van der Waals surface area contributed by atoms with Crippen molar-refractivity contribution >= 4 is 17.7 Å². The van der Waals surface area contributed by atoms with Gasteiger partial charge in [-0.3, -0.25) is 4.79 Å². The molecule has 0 amide bonds. The first kappa shape index (κ1) is 21.7. The second-order valence-electron chi connectivity index (χ2n) is 6.07. The summed E-state index contributed by atoms with van der Waals surface area (Å²) in [6, 6.07) is 5.93. The van der Waals surface area contributed by atoms with Crippen molar-refractivity contribution in [1.29, 1.82) is 0 Å². The van der Waals surface area contributed by atoms with Crippen molar-refractivity contribution in [3.63, 3.8) is 0 Å². The van der Waals surface area contributed by atoms with E-state index in [1.165, 1.54) is 7.11 Å². The third-order valence-corrected chi connectivity index (χ3v) is 4.90. The number of ether oxygens (including phenoxy) is 3. The number of unbranched alkanes of at least 4 members (excludes halogenated alkanes) is 2. The first-order chi connectivity index (χ1) is 12.2. The quantitative estimate of drug-likeness (QED) is 0.360. The number of rotatable bonds is 13. The van der Waals surface area contributed by atoms with Crippen molar-refractivity contribution in [3.05, 3.63) is 23.8 Å². The Morgan fingerprint density at radius 3 is 2.64 bits per heavy atom. The Morgan fingerprint density at radius 1 is 1.20 bits per heavy atom. The van der Waals surface area contributed by atoms with Crippen LogP contribution in [0.3, 0.4) is 0 Å². The smallest absolute Gasteiger partial charge is 0.306 e. The molecule has 0 aromatic heterocycles. The predicted molar refractivity (Wildman–Crippen MR) is 105 cm³/mol. The maximum atomic E-state index is 11.8. The summed E-state index contributed by atoms with van der Waals surface area (Å²) < 4.78 is 16.3. The molecule has 0 radical (unpaired) electrons. The highest BCUT2D eigenvalue weighted by Crippen LogP contribution is 2.35. The molecule has 1 rings (SSSR count). The number of carbonyl (C=O) groups is 1. The van der Waals surface area contributed by atoms with E-state index in [1.807, 2.05) is 30.0 Å². The van der Waals surface area contributed by atoms with Gasteiger partial charge in [-0.25, -0.2) is 0 Å². The highest BCUT2D eigenvalue weighted by Gasteiger charge is 2.20. The van der Waals surface area contributed by atoms with Gasteiger partial charge in [-0.1, -0.05) is 32.3 Å². The maximum absolute atomic E-state index is 11.8. The molecule has 0 saturated carbocycles. The van der Waals surface area contributed by atoms with E-state index in [2.05, 4.69) is 13.2 Å². The topological polar surface area (TPSA) is 44.8 Å². The average Bonchev–Trinajstić information content (AvgIpc) is 2.64. The fraction of sp³-hybridized carbons (Fsp3) is 0.650. The Morgan fingerprint density at radius 2 is 2.00 bits per heavy atom. The number of benzene rings is 1. The van der Waals surface area contributed by atoms with Crippen LogP contribution >= 0.6 is 11.8 Å². The lowest BCUT2D eigenvalue weighted by Crippen LogP contribution is -2.10. The minimum atomic E-state index is -0.180. The molecule has 0 aliphatic rings. The van der Waals surface area contributed by atoms with Crippen LogP contribution in [0, 0.1) is 0 Å². The minimum absolute atomic E-state index is 0.111. The third kappa shape index (κ3) is 8.04. The number of hydrogen-bond donors (Lipinski definition) is 0. The first-order valence-corrected chi connectivity index (χ1v) is 10.4. The Balaban J connectivity index is 2.86. The Labute approximate surface area is 156 Å². The summed E-state index contributed by atoms with van der Waals surface area (Å²) in [4.78, 5) is 11.8. The third-order valence-electron chi connectivity index (χ3n) is 4.20. The van der Waals surface area contributed by atoms with Gasteiger partial charge in [-0.15, -0.1) is 0 Å². The second kappa shape index (κ2) is 12.9. The second-order valence-corrected chi connectivity index (χ2v) is 7.06. The van der Waals surface area contributed by atoms with Crippen molar-refractivity contribution in [3.8, 4) is 11.5 Å². The molecule has 0 heterocycles. The fourth-order valence-corrected chi connectivity index (χ4v) is 3.21. The largest absolute Gasteiger partial charge is 0.496 e. The highest BCUT2D eigenvalue weighted by molar-refractivity contribution is 7.98. The zero-order chi connectivity index (χ0) is 18.5. The summed E-state index contributed by atoms with van der Waals surface area (Å²) >= 11 is 1.82. The van der Waals surface area contributed by atoms with Gasteiger partial charge >= 0.3 is 5.97 Å². The van der Waals surface area contributed by atoms with Gasteiger partial charge in [0.05, 0.1) is 27.2 Å². The SMILES string of the molecule is CCCCCC(CC(=O)OC)c1ccc(OCCCSC)cc1OC. The average molecular weight is 369 g/mol. The van der Waals surface area contributed by atoms with Gasteiger partial charge in [0.25, 0.3) is 0 Å². The summed E-state index contributed by atoms with van der Waals surface area (Å²) in [6.45, 7) is 2.88. The standard InChI is InChI=1S/C20H32O4S/c1-5-6-7-9-16(14-20(21)23-3)18-11-10-17(15-19(18)22-2)24-12-8-13-25-4/h10-11,15-16H,5-9,12-14H2,1-4H3. The van der Waals surface area contributed by atoms with Crippen LogP contribution < -0.4 is 9.47 Å². The van der Waals surface area contributed by atoms with E-state index in [0.717, 1.165) is 54.9 Å². The van der Waals surface area contributed by atoms with Gasteiger partial charge in [0, 0.05) is 6.07 Å². The Kier molecular flexibility index (Phi) is 11.2. The molecule has 0 N–H and O–H groups in total. The number of hydrogen-bond acceptors (Lipinski definition) is 5. The normalized spacial score (nSPS) is 11.8. The molecule has 1 atom stereocenters. The van der Waals surface area contributed by atoms with E-state index < -0.39 is 0 Å². The molecule has 1 aromatic rings. The van der Waals surface area contributed by atoms with E-state index in [1.54, 1.807) is 7.11 Å². The van der Waals surface area contributed by atoms with Crippen LogP contribution in [-0.2, 0) is 9.53 Å². The van der Waals surface area contributed by atoms with Crippen LogP contribution in [-0.4, -0.2) is 38.8 Å². The summed E-state index contributed by atoms with van der Waals surface area (Å²) in [6.07, 6.45) is 7.86. The Hall–Kier alpha value is -1.36. The van der Waals surface area contributed by atoms with Crippen molar-refractivity contribution in [2.75, 3.05) is 32.8 Å². The number of esters is 1. The van der Waals surface area contributed by atoms with Crippen LogP contribution in [0.5, 0.6) is 11.5 Å². The summed E-state index contributed by atoms with van der Waals surface area (Å²) in [5.74, 6) is 2.62. The van der Waals surface area contributed by atoms with Crippen molar-refractivity contribution in [2.45, 2.75) is 51.4 Å². The Bertz CT molecular complexity index is 504. The van der Waals surface area contributed by atoms with Crippen LogP contribution in [0.4, 0.5) is 0 Å². The van der Waals surface area contributed by atoms with Crippen LogP contribution in [0.25, 0.3) is 0 Å². The van der Waals surface area contributed by atoms with Crippen LogP contribution in [0.1, 0.15) is 56.9 Å². The zero-order valence-corrected chi connectivity index (χ0v) is 16.8. The molecule has 0 aliphatic carbocycles. The van der Waals surface area contributed by atoms with Gasteiger partial charge in [-0.2, -0.15) is 11.8 Å². The van der Waals surface area contributed by atoms with E-state index in [9.17, 15) is 4.79 Å². The molecule has 142 valence electrons. The fourth-order valence-electron chi connectivity index (χ4n) is 2.80. The lowest BCUT2D eigenvalue weighted by atomic mass is 9.89. The predicted octanol–water partition coefficient (Wildman–Crippen LogP) is 5.05. The van der Waals surface area contributed by atoms with Crippen LogP contribution in [0.15, 0.2) is 18.2 Å². The summed E-state index contributed by atoms with van der Waals surface area (Å²) in [5, 5.41) is 0. The lowest BCUT2D eigenvalue weighted by Gasteiger charge is -2.20. The van der Waals surface area contributed by atoms with Crippen molar-refractivity contribution in [1.82, 2.24) is 0 Å². The van der Waals surface area contributed by atoms with E-state index in [-0.39, 0.29) is 11.9 Å². The van der Waals surface area contributed by atoms with Gasteiger partial charge in [0.15, 0.2) is 0 Å². The van der Waals surface area contributed by atoms with Gasteiger partial charge in [0.1, 0.15) is 11.5 Å². The molecule has 1 aromatic carbocycles. The molecule has 0 saturated heterocycles. The molecule has 25 heavy (non-hydrogen) atoms. The minimum Gasteiger partial charge on any atom is -0.496 e. The number of methoxy groups -OCH3 is 2. The van der Waals surface area contributed by atoms with E-state index in [0.29, 0.717) is 13.0 Å². The molecule has 4 nitrogen and oxygen atoms in total. The number of thioether (sulfide) groups is 1. The molecular weight excluding hydrogens is 336 g/mol. The van der Waals surface area contributed by atoms with Crippen LogP contribution in [0.2, 0.25) is 0 Å². The van der Waals surface area contributed by atoms with Gasteiger partial charge < -0.3 is 14.2 Å². The number of carbonyl (C=O) groups excluding carboxylic acids is 1. The van der Waals surface area contributed by atoms with Crippen molar-refractivity contribution in [2.24, 2.45) is 0 Å². The maximum Gasteiger partial charge on any atom is 0.306 e. The molecule has 0 fully saturated rings. The van der Waals surface area contributed by atoms with Gasteiger partial charge in [0.2, 0.25) is 0 Å². The van der Waals surface area contributed by atoms with E-state index in [4.69, 9.17) is 14.2 Å². The first-order valence-electron chi connectivity index (χ1n) is 9.02. The zero-order valence-electron chi connectivity index (χ0n) is 16.0. The molecule has 1 unspecified atom stereocenters.